The second-order valence-corrected chi connectivity index (χ2v) is 11.8. The fraction of sp³-hybridized carbons (Fsp3) is 0.355. The van der Waals surface area contributed by atoms with Gasteiger partial charge in [0.2, 0.25) is 11.8 Å². The molecule has 0 saturated heterocycles. The van der Waals surface area contributed by atoms with Gasteiger partial charge in [-0.05, 0) is 62.9 Å². The Morgan fingerprint density at radius 3 is 2.08 bits per heavy atom. The van der Waals surface area contributed by atoms with Gasteiger partial charge in [-0.1, -0.05) is 80.1 Å². The van der Waals surface area contributed by atoms with Crippen molar-refractivity contribution in [3.8, 4) is 0 Å². The summed E-state index contributed by atoms with van der Waals surface area (Å²) in [7, 11) is -4.09. The fourth-order valence-electron chi connectivity index (χ4n) is 4.48. The minimum Gasteiger partial charge on any atom is -0.352 e. The number of rotatable bonds is 12. The molecule has 3 aromatic carbocycles. The lowest BCUT2D eigenvalue weighted by Gasteiger charge is -2.34. The normalized spacial score (nSPS) is 12.2. The van der Waals surface area contributed by atoms with Gasteiger partial charge in [-0.3, -0.25) is 13.9 Å². The third kappa shape index (κ3) is 7.47. The van der Waals surface area contributed by atoms with Crippen molar-refractivity contribution in [2.24, 2.45) is 0 Å². The first kappa shape index (κ1) is 29.9. The van der Waals surface area contributed by atoms with E-state index >= 15 is 0 Å². The summed E-state index contributed by atoms with van der Waals surface area (Å²) in [6.45, 7) is 9.16. The molecule has 0 heterocycles. The van der Waals surface area contributed by atoms with Gasteiger partial charge in [0.15, 0.2) is 0 Å². The molecule has 1 N–H and O–H groups in total. The van der Waals surface area contributed by atoms with E-state index < -0.39 is 28.5 Å². The molecule has 39 heavy (non-hydrogen) atoms. The number of amides is 2. The summed E-state index contributed by atoms with van der Waals surface area (Å²) in [5.41, 5.74) is 3.04. The van der Waals surface area contributed by atoms with E-state index in [2.05, 4.69) is 5.32 Å². The van der Waals surface area contributed by atoms with Gasteiger partial charge in [0, 0.05) is 12.6 Å². The molecule has 0 unspecified atom stereocenters. The van der Waals surface area contributed by atoms with Gasteiger partial charge < -0.3 is 10.2 Å². The van der Waals surface area contributed by atoms with Crippen LogP contribution in [0.3, 0.4) is 0 Å². The maximum atomic E-state index is 14.1. The maximum Gasteiger partial charge on any atom is 0.264 e. The van der Waals surface area contributed by atoms with Crippen LogP contribution in [-0.4, -0.2) is 43.8 Å². The number of sulfonamides is 1. The van der Waals surface area contributed by atoms with Crippen molar-refractivity contribution >= 4 is 27.5 Å². The molecule has 0 aliphatic heterocycles. The molecule has 0 aliphatic carbocycles. The minimum absolute atomic E-state index is 0.102. The van der Waals surface area contributed by atoms with Crippen molar-refractivity contribution in [1.29, 1.82) is 0 Å². The second-order valence-electron chi connectivity index (χ2n) is 9.90. The lowest BCUT2D eigenvalue weighted by atomic mass is 10.1. The summed E-state index contributed by atoms with van der Waals surface area (Å²) in [4.78, 5) is 28.9. The van der Waals surface area contributed by atoms with Crippen LogP contribution < -0.4 is 9.62 Å². The van der Waals surface area contributed by atoms with Crippen LogP contribution in [0.5, 0.6) is 0 Å². The number of hydrogen-bond acceptors (Lipinski definition) is 4. The maximum absolute atomic E-state index is 14.1. The Kier molecular flexibility index (Phi) is 10.3. The van der Waals surface area contributed by atoms with Crippen LogP contribution in [0.25, 0.3) is 0 Å². The van der Waals surface area contributed by atoms with E-state index in [0.29, 0.717) is 18.5 Å². The topological polar surface area (TPSA) is 86.8 Å². The highest BCUT2D eigenvalue weighted by molar-refractivity contribution is 7.92. The molecular weight excluding hydrogens is 510 g/mol. The van der Waals surface area contributed by atoms with Gasteiger partial charge in [0.25, 0.3) is 10.0 Å². The predicted octanol–water partition coefficient (Wildman–Crippen LogP) is 5.08. The van der Waals surface area contributed by atoms with Crippen molar-refractivity contribution < 1.29 is 18.0 Å². The Morgan fingerprint density at radius 2 is 1.49 bits per heavy atom. The highest BCUT2D eigenvalue weighted by Gasteiger charge is 2.34. The first-order valence-corrected chi connectivity index (χ1v) is 14.8. The smallest absolute Gasteiger partial charge is 0.264 e. The molecule has 7 nitrogen and oxygen atoms in total. The third-order valence-corrected chi connectivity index (χ3v) is 8.32. The molecule has 0 saturated carbocycles. The molecule has 8 heteroatoms. The van der Waals surface area contributed by atoms with Gasteiger partial charge in [-0.15, -0.1) is 0 Å². The van der Waals surface area contributed by atoms with Gasteiger partial charge in [-0.2, -0.15) is 0 Å². The monoisotopic (exact) mass is 549 g/mol. The van der Waals surface area contributed by atoms with E-state index in [0.717, 1.165) is 16.7 Å². The van der Waals surface area contributed by atoms with E-state index in [1.54, 1.807) is 36.4 Å². The molecule has 0 spiro atoms. The van der Waals surface area contributed by atoms with Crippen LogP contribution in [0.2, 0.25) is 0 Å². The number of anilines is 1. The molecule has 0 aromatic heterocycles. The van der Waals surface area contributed by atoms with E-state index in [1.807, 2.05) is 77.1 Å². The first-order chi connectivity index (χ1) is 18.6. The average molecular weight is 550 g/mol. The van der Waals surface area contributed by atoms with Crippen LogP contribution in [0, 0.1) is 6.92 Å². The predicted molar refractivity (Wildman–Crippen MR) is 156 cm³/mol. The number of nitrogens with zero attached hydrogens (tertiary/aromatic N) is 2. The van der Waals surface area contributed by atoms with E-state index in [-0.39, 0.29) is 23.4 Å². The summed E-state index contributed by atoms with van der Waals surface area (Å²) in [5, 5.41) is 2.91. The number of carbonyl (C=O) groups is 2. The van der Waals surface area contributed by atoms with E-state index in [1.165, 1.54) is 9.21 Å². The Balaban J connectivity index is 2.09. The van der Waals surface area contributed by atoms with Crippen LogP contribution >= 0.6 is 0 Å². The zero-order valence-electron chi connectivity index (χ0n) is 23.4. The number of hydrogen-bond donors (Lipinski definition) is 1. The highest BCUT2D eigenvalue weighted by atomic mass is 32.2. The summed E-state index contributed by atoms with van der Waals surface area (Å²) < 4.78 is 29.2. The van der Waals surface area contributed by atoms with Crippen molar-refractivity contribution in [1.82, 2.24) is 10.2 Å². The first-order valence-electron chi connectivity index (χ1n) is 13.4. The van der Waals surface area contributed by atoms with Crippen molar-refractivity contribution in [2.75, 3.05) is 10.8 Å². The summed E-state index contributed by atoms with van der Waals surface area (Å²) in [5.74, 6) is -0.718. The number of benzene rings is 3. The number of aryl methyl sites for hydroxylation is 2. The Bertz CT molecular complexity index is 1360. The largest absolute Gasteiger partial charge is 0.352 e. The van der Waals surface area contributed by atoms with E-state index in [4.69, 9.17) is 0 Å². The Hall–Kier alpha value is -3.65. The molecule has 3 aromatic rings. The van der Waals surface area contributed by atoms with Crippen molar-refractivity contribution in [3.63, 3.8) is 0 Å². The molecule has 0 radical (unpaired) electrons. The Morgan fingerprint density at radius 1 is 0.872 bits per heavy atom. The zero-order valence-corrected chi connectivity index (χ0v) is 24.2. The van der Waals surface area contributed by atoms with Crippen LogP contribution in [0.4, 0.5) is 5.69 Å². The zero-order chi connectivity index (χ0) is 28.6. The molecule has 1 atom stereocenters. The molecule has 0 fully saturated rings. The summed E-state index contributed by atoms with van der Waals surface area (Å²) in [6, 6.07) is 22.4. The number of nitrogens with one attached hydrogen (secondary N) is 1. The van der Waals surface area contributed by atoms with Gasteiger partial charge in [0.1, 0.15) is 12.6 Å². The molecule has 3 rings (SSSR count). The molecule has 0 bridgehead atoms. The highest BCUT2D eigenvalue weighted by Crippen LogP contribution is 2.28. The van der Waals surface area contributed by atoms with E-state index in [9.17, 15) is 18.0 Å². The number of carbonyl (C=O) groups excluding carboxylic acids is 2. The molecular formula is C31H39N3O4S. The fourth-order valence-corrected chi connectivity index (χ4v) is 5.94. The van der Waals surface area contributed by atoms with Crippen molar-refractivity contribution in [2.45, 2.75) is 71.0 Å². The molecule has 208 valence electrons. The quantitative estimate of drug-likeness (QED) is 0.341. The molecule has 0 aliphatic rings. The van der Waals surface area contributed by atoms with Gasteiger partial charge in [-0.25, -0.2) is 8.42 Å². The minimum atomic E-state index is -4.09. The summed E-state index contributed by atoms with van der Waals surface area (Å²) >= 11 is 0. The standard InChI is InChI=1S/C31H39N3O4S/c1-6-26-15-11-12-16-29(26)34(39(37,38)27-19-17-24(5)18-20-27)22-30(35)33(21-25-13-9-8-10-14-25)28(7-2)31(36)32-23(3)4/h8-20,23,28H,6-7,21-22H2,1-5H3,(H,32,36)/t28-/m0/s1. The van der Waals surface area contributed by atoms with Crippen LogP contribution in [0.1, 0.15) is 50.8 Å². The lowest BCUT2D eigenvalue weighted by molar-refractivity contribution is -0.140. The Labute approximate surface area is 232 Å². The summed E-state index contributed by atoms with van der Waals surface area (Å²) in [6.07, 6.45) is 0.972. The lowest BCUT2D eigenvalue weighted by Crippen LogP contribution is -2.53. The van der Waals surface area contributed by atoms with Gasteiger partial charge in [0.05, 0.1) is 10.6 Å². The SMILES string of the molecule is CCc1ccccc1N(CC(=O)N(Cc1ccccc1)[C@@H](CC)C(=O)NC(C)C)S(=O)(=O)c1ccc(C)cc1. The average Bonchev–Trinajstić information content (AvgIpc) is 2.91. The number of para-hydroxylation sites is 1. The van der Waals surface area contributed by atoms with Crippen LogP contribution in [0.15, 0.2) is 83.8 Å². The third-order valence-electron chi connectivity index (χ3n) is 6.54. The molecule has 2 amide bonds. The van der Waals surface area contributed by atoms with Gasteiger partial charge >= 0.3 is 0 Å². The second kappa shape index (κ2) is 13.4. The van der Waals surface area contributed by atoms with Crippen molar-refractivity contribution in [3.05, 3.63) is 95.6 Å². The van der Waals surface area contributed by atoms with Crippen LogP contribution in [-0.2, 0) is 32.6 Å².